The van der Waals surface area contributed by atoms with Gasteiger partial charge in [0, 0.05) is 6.61 Å². The number of aryl methyl sites for hydroxylation is 1. The van der Waals surface area contributed by atoms with Gasteiger partial charge >= 0.3 is 5.97 Å². The van der Waals surface area contributed by atoms with Crippen LogP contribution in [0.5, 0.6) is 5.75 Å². The number of hydrogen-bond acceptors (Lipinski definition) is 3. The van der Waals surface area contributed by atoms with E-state index in [-0.39, 0.29) is 6.42 Å². The Bertz CT molecular complexity index is 1050. The number of benzene rings is 3. The van der Waals surface area contributed by atoms with E-state index < -0.39 is 12.1 Å². The molecule has 0 aromatic heterocycles. The number of carbonyl (C=O) groups is 1. The van der Waals surface area contributed by atoms with Crippen LogP contribution in [0.4, 0.5) is 0 Å². The molecule has 0 amide bonds. The molecule has 0 aliphatic heterocycles. The molecule has 166 valence electrons. The highest BCUT2D eigenvalue weighted by Gasteiger charge is 2.15. The van der Waals surface area contributed by atoms with Crippen LogP contribution < -0.4 is 4.74 Å². The maximum atomic E-state index is 11.0. The zero-order valence-corrected chi connectivity index (χ0v) is 18.9. The minimum Gasteiger partial charge on any atom is -0.490 e. The Kier molecular flexibility index (Phi) is 8.23. The molecule has 0 aliphatic carbocycles. The van der Waals surface area contributed by atoms with Crippen molar-refractivity contribution in [3.05, 3.63) is 95.6 Å². The van der Waals surface area contributed by atoms with Gasteiger partial charge in [-0.3, -0.25) is 4.79 Å². The SMILES string of the molecule is CCO[C@@H](CC(=O)O)c1ccc(OC/C=C(/C)c2ccc(-c3cccc(C)c3)cc2)cc1. The van der Waals surface area contributed by atoms with Crippen molar-refractivity contribution in [2.75, 3.05) is 13.2 Å². The topological polar surface area (TPSA) is 55.8 Å². The fraction of sp³-hybridized carbons (Fsp3) is 0.250. The molecular formula is C28H30O4. The standard InChI is InChI=1S/C28H30O4/c1-4-31-27(19-28(29)30)24-12-14-26(15-13-24)32-17-16-21(3)22-8-10-23(11-9-22)25-7-5-6-20(2)18-25/h5-16,18,27H,4,17,19H2,1-3H3,(H,29,30)/b21-16-/t27-/m0/s1. The number of hydrogen-bond donors (Lipinski definition) is 1. The summed E-state index contributed by atoms with van der Waals surface area (Å²) in [7, 11) is 0. The molecule has 4 nitrogen and oxygen atoms in total. The molecule has 0 heterocycles. The van der Waals surface area contributed by atoms with E-state index in [1.165, 1.54) is 16.7 Å². The Morgan fingerprint density at radius 3 is 2.34 bits per heavy atom. The minimum atomic E-state index is -0.878. The Morgan fingerprint density at radius 2 is 1.72 bits per heavy atom. The van der Waals surface area contributed by atoms with Crippen LogP contribution in [0, 0.1) is 6.92 Å². The van der Waals surface area contributed by atoms with Crippen molar-refractivity contribution in [3.63, 3.8) is 0 Å². The third-order valence-electron chi connectivity index (χ3n) is 5.31. The Hall–Kier alpha value is -3.37. The molecule has 0 fully saturated rings. The van der Waals surface area contributed by atoms with E-state index in [0.29, 0.717) is 13.2 Å². The smallest absolute Gasteiger partial charge is 0.306 e. The minimum absolute atomic E-state index is 0.0569. The summed E-state index contributed by atoms with van der Waals surface area (Å²) in [6.45, 7) is 6.95. The van der Waals surface area contributed by atoms with Crippen LogP contribution in [0.15, 0.2) is 78.9 Å². The van der Waals surface area contributed by atoms with Crippen LogP contribution in [-0.4, -0.2) is 24.3 Å². The fourth-order valence-electron chi connectivity index (χ4n) is 3.54. The fourth-order valence-corrected chi connectivity index (χ4v) is 3.54. The zero-order valence-electron chi connectivity index (χ0n) is 18.9. The van der Waals surface area contributed by atoms with E-state index in [4.69, 9.17) is 14.6 Å². The number of allylic oxidation sites excluding steroid dienone is 1. The first-order valence-electron chi connectivity index (χ1n) is 10.9. The first kappa shape index (κ1) is 23.3. The van der Waals surface area contributed by atoms with Gasteiger partial charge in [-0.15, -0.1) is 0 Å². The van der Waals surface area contributed by atoms with E-state index in [0.717, 1.165) is 22.4 Å². The second-order valence-corrected chi connectivity index (χ2v) is 7.76. The summed E-state index contributed by atoms with van der Waals surface area (Å²) in [4.78, 5) is 11.0. The van der Waals surface area contributed by atoms with Gasteiger partial charge in [0.1, 0.15) is 12.4 Å². The Balaban J connectivity index is 1.59. The van der Waals surface area contributed by atoms with E-state index in [2.05, 4.69) is 68.5 Å². The molecule has 0 radical (unpaired) electrons. The van der Waals surface area contributed by atoms with Gasteiger partial charge in [-0.2, -0.15) is 0 Å². The lowest BCUT2D eigenvalue weighted by molar-refractivity contribution is -0.140. The van der Waals surface area contributed by atoms with Crippen molar-refractivity contribution in [1.82, 2.24) is 0 Å². The van der Waals surface area contributed by atoms with Gasteiger partial charge in [0.15, 0.2) is 0 Å². The largest absolute Gasteiger partial charge is 0.490 e. The molecule has 3 rings (SSSR count). The summed E-state index contributed by atoms with van der Waals surface area (Å²) < 4.78 is 11.4. The lowest BCUT2D eigenvalue weighted by Gasteiger charge is -2.15. The molecule has 0 saturated heterocycles. The van der Waals surface area contributed by atoms with Gasteiger partial charge in [0.2, 0.25) is 0 Å². The molecule has 0 aliphatic rings. The predicted octanol–water partition coefficient (Wildman–Crippen LogP) is 6.70. The average molecular weight is 431 g/mol. The van der Waals surface area contributed by atoms with E-state index in [1.54, 1.807) is 0 Å². The van der Waals surface area contributed by atoms with Crippen LogP contribution in [-0.2, 0) is 9.53 Å². The molecule has 1 N–H and O–H groups in total. The number of carboxylic acids is 1. The average Bonchev–Trinajstić information content (AvgIpc) is 2.79. The quantitative estimate of drug-likeness (QED) is 0.389. The molecular weight excluding hydrogens is 400 g/mol. The second-order valence-electron chi connectivity index (χ2n) is 7.76. The van der Waals surface area contributed by atoms with Crippen molar-refractivity contribution >= 4 is 11.5 Å². The van der Waals surface area contributed by atoms with Gasteiger partial charge in [-0.05, 0) is 66.8 Å². The highest BCUT2D eigenvalue weighted by atomic mass is 16.5. The molecule has 0 saturated carbocycles. The number of ether oxygens (including phenoxy) is 2. The van der Waals surface area contributed by atoms with Gasteiger partial charge in [0.25, 0.3) is 0 Å². The van der Waals surface area contributed by atoms with Crippen molar-refractivity contribution in [1.29, 1.82) is 0 Å². The van der Waals surface area contributed by atoms with Gasteiger partial charge in [-0.1, -0.05) is 66.2 Å². The van der Waals surface area contributed by atoms with Crippen LogP contribution >= 0.6 is 0 Å². The first-order valence-corrected chi connectivity index (χ1v) is 10.9. The number of carboxylic acid groups (broad SMARTS) is 1. The lowest BCUT2D eigenvalue weighted by atomic mass is 10.00. The van der Waals surface area contributed by atoms with Crippen molar-refractivity contribution < 1.29 is 19.4 Å². The lowest BCUT2D eigenvalue weighted by Crippen LogP contribution is -2.10. The highest BCUT2D eigenvalue weighted by Crippen LogP contribution is 2.25. The molecule has 4 heteroatoms. The zero-order chi connectivity index (χ0) is 22.9. The number of rotatable bonds is 10. The van der Waals surface area contributed by atoms with Crippen LogP contribution in [0.25, 0.3) is 16.7 Å². The Labute approximate surface area is 190 Å². The summed E-state index contributed by atoms with van der Waals surface area (Å²) >= 11 is 0. The molecule has 3 aromatic carbocycles. The van der Waals surface area contributed by atoms with Crippen LogP contribution in [0.3, 0.4) is 0 Å². The second kappa shape index (κ2) is 11.3. The maximum Gasteiger partial charge on any atom is 0.306 e. The predicted molar refractivity (Wildman–Crippen MR) is 129 cm³/mol. The third kappa shape index (κ3) is 6.56. The van der Waals surface area contributed by atoms with Crippen molar-refractivity contribution in [3.8, 4) is 16.9 Å². The van der Waals surface area contributed by atoms with Crippen LogP contribution in [0.2, 0.25) is 0 Å². The summed E-state index contributed by atoms with van der Waals surface area (Å²) in [6, 6.07) is 24.5. The van der Waals surface area contributed by atoms with Crippen molar-refractivity contribution in [2.24, 2.45) is 0 Å². The monoisotopic (exact) mass is 430 g/mol. The summed E-state index contributed by atoms with van der Waals surface area (Å²) in [5.74, 6) is -0.144. The van der Waals surface area contributed by atoms with Gasteiger partial charge in [0.05, 0.1) is 12.5 Å². The normalized spacial score (nSPS) is 12.4. The van der Waals surface area contributed by atoms with Gasteiger partial charge in [-0.25, -0.2) is 0 Å². The summed E-state index contributed by atoms with van der Waals surface area (Å²) in [6.07, 6.45) is 1.55. The summed E-state index contributed by atoms with van der Waals surface area (Å²) in [5, 5.41) is 9.06. The molecule has 3 aromatic rings. The highest BCUT2D eigenvalue weighted by molar-refractivity contribution is 5.70. The molecule has 32 heavy (non-hydrogen) atoms. The maximum absolute atomic E-state index is 11.0. The van der Waals surface area contributed by atoms with E-state index in [1.807, 2.05) is 31.2 Å². The third-order valence-corrected chi connectivity index (χ3v) is 5.31. The van der Waals surface area contributed by atoms with E-state index in [9.17, 15) is 4.79 Å². The number of aliphatic carboxylic acids is 1. The van der Waals surface area contributed by atoms with Crippen molar-refractivity contribution in [2.45, 2.75) is 33.3 Å². The summed E-state index contributed by atoms with van der Waals surface area (Å²) in [5.41, 5.74) is 6.82. The van der Waals surface area contributed by atoms with Crippen LogP contribution in [0.1, 0.15) is 43.1 Å². The van der Waals surface area contributed by atoms with E-state index >= 15 is 0 Å². The Morgan fingerprint density at radius 1 is 1.00 bits per heavy atom. The molecule has 1 atom stereocenters. The molecule has 0 bridgehead atoms. The molecule has 0 spiro atoms. The molecule has 0 unspecified atom stereocenters. The first-order chi connectivity index (χ1) is 15.5. The van der Waals surface area contributed by atoms with Gasteiger partial charge < -0.3 is 14.6 Å².